The third-order valence-electron chi connectivity index (χ3n) is 3.10. The summed E-state index contributed by atoms with van der Waals surface area (Å²) in [7, 11) is 0. The Morgan fingerprint density at radius 3 is 2.88 bits per heavy atom. The van der Waals surface area contributed by atoms with E-state index in [-0.39, 0.29) is 6.04 Å². The van der Waals surface area contributed by atoms with E-state index >= 15 is 0 Å². The van der Waals surface area contributed by atoms with Gasteiger partial charge in [0.1, 0.15) is 5.52 Å². The van der Waals surface area contributed by atoms with Crippen molar-refractivity contribution in [1.82, 2.24) is 4.98 Å². The minimum absolute atomic E-state index is 0.113. The van der Waals surface area contributed by atoms with Crippen LogP contribution in [0.3, 0.4) is 0 Å². The molecule has 0 amide bonds. The van der Waals surface area contributed by atoms with Crippen LogP contribution in [0.15, 0.2) is 22.6 Å². The molecule has 0 aliphatic heterocycles. The average molecular weight is 218 g/mol. The number of nitrogens with two attached hydrogens (primary N) is 1. The quantitative estimate of drug-likeness (QED) is 0.860. The van der Waals surface area contributed by atoms with Crippen LogP contribution in [0, 0.1) is 12.8 Å². The van der Waals surface area contributed by atoms with Crippen molar-refractivity contribution in [3.63, 3.8) is 0 Å². The molecule has 0 aliphatic rings. The summed E-state index contributed by atoms with van der Waals surface area (Å²) in [6, 6.07) is 5.89. The molecular weight excluding hydrogens is 200 g/mol. The molecule has 86 valence electrons. The van der Waals surface area contributed by atoms with Crippen LogP contribution in [-0.2, 0) is 0 Å². The van der Waals surface area contributed by atoms with Crippen molar-refractivity contribution in [3.05, 3.63) is 29.7 Å². The summed E-state index contributed by atoms with van der Waals surface area (Å²) < 4.78 is 5.70. The predicted molar refractivity (Wildman–Crippen MR) is 65.1 cm³/mol. The summed E-state index contributed by atoms with van der Waals surface area (Å²) in [6.07, 6.45) is 1.03. The van der Waals surface area contributed by atoms with E-state index in [1.807, 2.05) is 25.1 Å². The molecule has 0 bridgehead atoms. The molecule has 0 fully saturated rings. The third-order valence-corrected chi connectivity index (χ3v) is 3.10. The number of nitrogens with zero attached hydrogens (tertiary/aromatic N) is 1. The molecule has 2 N–H and O–H groups in total. The van der Waals surface area contributed by atoms with Crippen LogP contribution >= 0.6 is 0 Å². The number of aryl methyl sites for hydroxylation is 1. The van der Waals surface area contributed by atoms with Crippen LogP contribution in [0.4, 0.5) is 0 Å². The molecule has 2 rings (SSSR count). The van der Waals surface area contributed by atoms with Gasteiger partial charge in [0.05, 0.1) is 6.04 Å². The molecule has 1 aromatic heterocycles. The van der Waals surface area contributed by atoms with Gasteiger partial charge in [0.15, 0.2) is 5.58 Å². The number of oxazole rings is 1. The summed E-state index contributed by atoms with van der Waals surface area (Å²) >= 11 is 0. The van der Waals surface area contributed by atoms with Crippen molar-refractivity contribution in [2.45, 2.75) is 33.2 Å². The Labute approximate surface area is 95.7 Å². The smallest absolute Gasteiger partial charge is 0.212 e. The molecule has 3 nitrogen and oxygen atoms in total. The lowest BCUT2D eigenvalue weighted by Crippen LogP contribution is -2.18. The second-order valence-corrected chi connectivity index (χ2v) is 4.43. The highest BCUT2D eigenvalue weighted by molar-refractivity contribution is 5.73. The highest BCUT2D eigenvalue weighted by atomic mass is 16.3. The maximum absolute atomic E-state index is 6.09. The van der Waals surface area contributed by atoms with Gasteiger partial charge in [0.25, 0.3) is 0 Å². The summed E-state index contributed by atoms with van der Waals surface area (Å²) in [5, 5.41) is 0. The molecular formula is C13H18N2O. The summed E-state index contributed by atoms with van der Waals surface area (Å²) in [5.74, 6) is 1.03. The first kappa shape index (κ1) is 11.1. The van der Waals surface area contributed by atoms with Gasteiger partial charge in [-0.1, -0.05) is 26.3 Å². The Hall–Kier alpha value is -1.35. The first-order valence-electron chi connectivity index (χ1n) is 5.74. The largest absolute Gasteiger partial charge is 0.439 e. The average Bonchev–Trinajstić information content (AvgIpc) is 2.69. The van der Waals surface area contributed by atoms with Crippen molar-refractivity contribution < 1.29 is 4.42 Å². The van der Waals surface area contributed by atoms with E-state index in [0.717, 1.165) is 17.5 Å². The highest BCUT2D eigenvalue weighted by Crippen LogP contribution is 2.25. The Balaban J connectivity index is 2.39. The van der Waals surface area contributed by atoms with Gasteiger partial charge < -0.3 is 10.2 Å². The Kier molecular flexibility index (Phi) is 2.97. The molecule has 16 heavy (non-hydrogen) atoms. The zero-order chi connectivity index (χ0) is 11.7. The van der Waals surface area contributed by atoms with Gasteiger partial charge in [-0.2, -0.15) is 0 Å². The topological polar surface area (TPSA) is 52.0 Å². The van der Waals surface area contributed by atoms with E-state index in [9.17, 15) is 0 Å². The minimum Gasteiger partial charge on any atom is -0.439 e. The van der Waals surface area contributed by atoms with Gasteiger partial charge in [-0.3, -0.25) is 0 Å². The molecule has 0 saturated carbocycles. The van der Waals surface area contributed by atoms with Crippen LogP contribution in [0.25, 0.3) is 11.1 Å². The normalized spacial score (nSPS) is 15.2. The second-order valence-electron chi connectivity index (χ2n) is 4.43. The fourth-order valence-electron chi connectivity index (χ4n) is 1.69. The number of benzene rings is 1. The maximum Gasteiger partial charge on any atom is 0.212 e. The molecule has 2 atom stereocenters. The van der Waals surface area contributed by atoms with Crippen molar-refractivity contribution in [3.8, 4) is 0 Å². The number of hydrogen-bond acceptors (Lipinski definition) is 3. The molecule has 1 aromatic carbocycles. The lowest BCUT2D eigenvalue weighted by Gasteiger charge is -2.13. The van der Waals surface area contributed by atoms with Crippen LogP contribution in [0.5, 0.6) is 0 Å². The zero-order valence-electron chi connectivity index (χ0n) is 10.0. The van der Waals surface area contributed by atoms with Gasteiger partial charge in [-0.05, 0) is 30.5 Å². The molecule has 0 aliphatic carbocycles. The predicted octanol–water partition coefficient (Wildman–Crippen LogP) is 3.18. The summed E-state index contributed by atoms with van der Waals surface area (Å²) in [6.45, 7) is 6.28. The maximum atomic E-state index is 6.09. The molecule has 1 heterocycles. The monoisotopic (exact) mass is 218 g/mol. The van der Waals surface area contributed by atoms with E-state index < -0.39 is 0 Å². The van der Waals surface area contributed by atoms with Crippen LogP contribution < -0.4 is 5.73 Å². The highest BCUT2D eigenvalue weighted by Gasteiger charge is 2.19. The summed E-state index contributed by atoms with van der Waals surface area (Å²) in [4.78, 5) is 4.43. The van der Waals surface area contributed by atoms with Gasteiger partial charge >= 0.3 is 0 Å². The van der Waals surface area contributed by atoms with Crippen molar-refractivity contribution in [2.24, 2.45) is 11.7 Å². The van der Waals surface area contributed by atoms with Crippen molar-refractivity contribution >= 4 is 11.1 Å². The van der Waals surface area contributed by atoms with E-state index in [0.29, 0.717) is 11.8 Å². The van der Waals surface area contributed by atoms with E-state index in [4.69, 9.17) is 10.2 Å². The Morgan fingerprint density at radius 2 is 2.19 bits per heavy atom. The summed E-state index contributed by atoms with van der Waals surface area (Å²) in [5.41, 5.74) is 8.98. The fourth-order valence-corrected chi connectivity index (χ4v) is 1.69. The standard InChI is InChI=1S/C13H18N2O/c1-4-9(3)12(14)13-15-10-6-5-8(2)7-11(10)16-13/h5-7,9,12H,4,14H2,1-3H3. The van der Waals surface area contributed by atoms with Gasteiger partial charge in [-0.15, -0.1) is 0 Å². The van der Waals surface area contributed by atoms with Crippen molar-refractivity contribution in [2.75, 3.05) is 0 Å². The first-order chi connectivity index (χ1) is 7.61. The zero-order valence-corrected chi connectivity index (χ0v) is 10.0. The lowest BCUT2D eigenvalue weighted by molar-refractivity contribution is 0.375. The van der Waals surface area contributed by atoms with Gasteiger partial charge in [-0.25, -0.2) is 4.98 Å². The molecule has 0 radical (unpaired) electrons. The lowest BCUT2D eigenvalue weighted by atomic mass is 10.0. The van der Waals surface area contributed by atoms with E-state index in [1.165, 1.54) is 5.56 Å². The van der Waals surface area contributed by atoms with Crippen LogP contribution in [-0.4, -0.2) is 4.98 Å². The van der Waals surface area contributed by atoms with Crippen LogP contribution in [0.1, 0.15) is 37.8 Å². The third kappa shape index (κ3) is 1.95. The number of hydrogen-bond donors (Lipinski definition) is 1. The Morgan fingerprint density at radius 1 is 1.44 bits per heavy atom. The second kappa shape index (κ2) is 4.26. The molecule has 2 aromatic rings. The van der Waals surface area contributed by atoms with E-state index in [1.54, 1.807) is 0 Å². The molecule has 0 saturated heterocycles. The number of fused-ring (bicyclic) bond motifs is 1. The SMILES string of the molecule is CCC(C)C(N)c1nc2ccc(C)cc2o1. The fraction of sp³-hybridized carbons (Fsp3) is 0.462. The first-order valence-corrected chi connectivity index (χ1v) is 5.74. The van der Waals surface area contributed by atoms with Gasteiger partial charge in [0.2, 0.25) is 5.89 Å². The van der Waals surface area contributed by atoms with Crippen molar-refractivity contribution in [1.29, 1.82) is 0 Å². The van der Waals surface area contributed by atoms with E-state index in [2.05, 4.69) is 18.8 Å². The number of rotatable bonds is 3. The minimum atomic E-state index is -0.113. The van der Waals surface area contributed by atoms with Crippen LogP contribution in [0.2, 0.25) is 0 Å². The molecule has 3 heteroatoms. The Bertz CT molecular complexity index is 490. The number of aromatic nitrogens is 1. The molecule has 2 unspecified atom stereocenters. The molecule has 0 spiro atoms. The van der Waals surface area contributed by atoms with Gasteiger partial charge in [0, 0.05) is 0 Å².